The summed E-state index contributed by atoms with van der Waals surface area (Å²) in [6, 6.07) is 3.72. The van der Waals surface area contributed by atoms with Crippen molar-refractivity contribution in [2.75, 3.05) is 0 Å². The Morgan fingerprint density at radius 1 is 1.13 bits per heavy atom. The molecule has 23 heavy (non-hydrogen) atoms. The predicted molar refractivity (Wildman–Crippen MR) is 97.1 cm³/mol. The lowest BCUT2D eigenvalue weighted by atomic mass is 9.71. The molecule has 0 aliphatic heterocycles. The molecule has 1 aliphatic carbocycles. The maximum absolute atomic E-state index is 10.6. The molecule has 2 heteroatoms. The predicted octanol–water partition coefficient (Wildman–Crippen LogP) is 5.93. The lowest BCUT2D eigenvalue weighted by Gasteiger charge is -2.33. The van der Waals surface area contributed by atoms with Crippen molar-refractivity contribution in [3.8, 4) is 11.5 Å². The molecular weight excluding hydrogens is 284 g/mol. The van der Waals surface area contributed by atoms with E-state index in [-0.39, 0.29) is 17.4 Å². The first-order chi connectivity index (χ1) is 10.9. The molecular formula is C21H32O2. The third-order valence-corrected chi connectivity index (χ3v) is 5.25. The van der Waals surface area contributed by atoms with E-state index in [1.54, 1.807) is 0 Å². The van der Waals surface area contributed by atoms with E-state index < -0.39 is 0 Å². The van der Waals surface area contributed by atoms with Crippen LogP contribution in [-0.2, 0) is 6.42 Å². The van der Waals surface area contributed by atoms with Gasteiger partial charge in [0.1, 0.15) is 11.5 Å². The van der Waals surface area contributed by atoms with E-state index in [4.69, 9.17) is 0 Å². The lowest BCUT2D eigenvalue weighted by molar-refractivity contribution is 0.304. The van der Waals surface area contributed by atoms with Gasteiger partial charge in [0.2, 0.25) is 0 Å². The van der Waals surface area contributed by atoms with E-state index in [0.717, 1.165) is 36.8 Å². The summed E-state index contributed by atoms with van der Waals surface area (Å²) in [4.78, 5) is 0. The first-order valence-corrected chi connectivity index (χ1v) is 9.16. The van der Waals surface area contributed by atoms with Crippen LogP contribution in [0.15, 0.2) is 23.8 Å². The summed E-state index contributed by atoms with van der Waals surface area (Å²) in [5.74, 6) is 1.65. The van der Waals surface area contributed by atoms with Crippen LogP contribution in [0, 0.1) is 11.8 Å². The first-order valence-electron chi connectivity index (χ1n) is 9.16. The minimum Gasteiger partial charge on any atom is -0.507 e. The molecule has 2 nitrogen and oxygen atoms in total. The van der Waals surface area contributed by atoms with E-state index in [0.29, 0.717) is 11.8 Å². The topological polar surface area (TPSA) is 40.5 Å². The van der Waals surface area contributed by atoms with Crippen LogP contribution in [0.3, 0.4) is 0 Å². The molecule has 2 atom stereocenters. The number of aryl methyl sites for hydroxylation is 1. The first kappa shape index (κ1) is 17.9. The number of rotatable bonds is 6. The van der Waals surface area contributed by atoms with Crippen LogP contribution in [0.2, 0.25) is 0 Å². The van der Waals surface area contributed by atoms with Crippen molar-refractivity contribution in [1.29, 1.82) is 0 Å². The second kappa shape index (κ2) is 7.90. The van der Waals surface area contributed by atoms with Gasteiger partial charge in [-0.3, -0.25) is 0 Å². The molecule has 0 saturated heterocycles. The molecule has 128 valence electrons. The van der Waals surface area contributed by atoms with Crippen LogP contribution in [0.4, 0.5) is 0 Å². The summed E-state index contributed by atoms with van der Waals surface area (Å²) >= 11 is 0. The van der Waals surface area contributed by atoms with E-state index in [1.165, 1.54) is 18.4 Å². The molecule has 0 saturated carbocycles. The van der Waals surface area contributed by atoms with Gasteiger partial charge in [0.25, 0.3) is 0 Å². The molecule has 0 amide bonds. The average Bonchev–Trinajstić information content (AvgIpc) is 2.46. The highest BCUT2D eigenvalue weighted by Crippen LogP contribution is 2.46. The van der Waals surface area contributed by atoms with Crippen molar-refractivity contribution in [1.82, 2.24) is 0 Å². The summed E-state index contributed by atoms with van der Waals surface area (Å²) in [5, 5.41) is 21.2. The Labute approximate surface area is 141 Å². The minimum atomic E-state index is 0.119. The van der Waals surface area contributed by atoms with Gasteiger partial charge in [0, 0.05) is 11.5 Å². The maximum atomic E-state index is 10.6. The molecule has 0 aromatic heterocycles. The fraction of sp³-hybridized carbons (Fsp3) is 0.619. The van der Waals surface area contributed by atoms with Crippen molar-refractivity contribution in [2.24, 2.45) is 11.8 Å². The third-order valence-electron chi connectivity index (χ3n) is 5.25. The standard InChI is InChI=1S/C21H32O2/c1-5-6-7-8-16-12-19(22)21(20(23)13-16)18-11-15(4)9-10-17(18)14(2)3/h11-14,17-18,22-23H,5-10H2,1-4H3/t17?,18-/m0/s1. The molecule has 1 aromatic rings. The van der Waals surface area contributed by atoms with Crippen molar-refractivity contribution in [3.63, 3.8) is 0 Å². The summed E-state index contributed by atoms with van der Waals surface area (Å²) in [6.07, 6.45) is 8.88. The van der Waals surface area contributed by atoms with Gasteiger partial charge in [-0.25, -0.2) is 0 Å². The smallest absolute Gasteiger partial charge is 0.123 e. The number of hydrogen-bond acceptors (Lipinski definition) is 2. The Morgan fingerprint density at radius 2 is 1.78 bits per heavy atom. The van der Waals surface area contributed by atoms with Crippen LogP contribution in [-0.4, -0.2) is 10.2 Å². The zero-order chi connectivity index (χ0) is 17.0. The van der Waals surface area contributed by atoms with Crippen molar-refractivity contribution in [3.05, 3.63) is 34.9 Å². The summed E-state index contributed by atoms with van der Waals surface area (Å²) in [5.41, 5.74) is 3.12. The van der Waals surface area contributed by atoms with E-state index in [9.17, 15) is 10.2 Å². The number of phenolic OH excluding ortho intramolecular Hbond substituents is 2. The van der Waals surface area contributed by atoms with Gasteiger partial charge in [-0.1, -0.05) is 45.3 Å². The van der Waals surface area contributed by atoms with E-state index in [2.05, 4.69) is 33.8 Å². The van der Waals surface area contributed by atoms with Gasteiger partial charge < -0.3 is 10.2 Å². The Hall–Kier alpha value is -1.44. The number of hydrogen-bond donors (Lipinski definition) is 2. The Bertz CT molecular complexity index is 534. The SMILES string of the molecule is CCCCCc1cc(O)c([C@H]2C=C(C)CCC2C(C)C)c(O)c1. The molecule has 1 aromatic carbocycles. The zero-order valence-electron chi connectivity index (χ0n) is 15.1. The van der Waals surface area contributed by atoms with Gasteiger partial charge in [-0.15, -0.1) is 0 Å². The Balaban J connectivity index is 2.32. The number of phenols is 2. The van der Waals surface area contributed by atoms with Gasteiger partial charge in [0.15, 0.2) is 0 Å². The van der Waals surface area contributed by atoms with Crippen molar-refractivity contribution >= 4 is 0 Å². The quantitative estimate of drug-likeness (QED) is 0.504. The molecule has 0 fully saturated rings. The summed E-state index contributed by atoms with van der Waals surface area (Å²) in [7, 11) is 0. The highest BCUT2D eigenvalue weighted by molar-refractivity contribution is 5.51. The molecule has 0 radical (unpaired) electrons. The Morgan fingerprint density at radius 3 is 2.35 bits per heavy atom. The lowest BCUT2D eigenvalue weighted by Crippen LogP contribution is -2.21. The van der Waals surface area contributed by atoms with Gasteiger partial charge in [-0.05, 0) is 62.1 Å². The largest absolute Gasteiger partial charge is 0.507 e. The fourth-order valence-corrected chi connectivity index (χ4v) is 3.88. The van der Waals surface area contributed by atoms with E-state index in [1.807, 2.05) is 12.1 Å². The molecule has 1 unspecified atom stereocenters. The maximum Gasteiger partial charge on any atom is 0.123 e. The Kier molecular flexibility index (Phi) is 6.15. The third kappa shape index (κ3) is 4.31. The van der Waals surface area contributed by atoms with Crippen LogP contribution >= 0.6 is 0 Å². The zero-order valence-corrected chi connectivity index (χ0v) is 15.1. The van der Waals surface area contributed by atoms with Crippen LogP contribution < -0.4 is 0 Å². The second-order valence-electron chi connectivity index (χ2n) is 7.49. The molecule has 0 heterocycles. The number of benzene rings is 1. The monoisotopic (exact) mass is 316 g/mol. The highest BCUT2D eigenvalue weighted by Gasteiger charge is 2.31. The summed E-state index contributed by atoms with van der Waals surface area (Å²) < 4.78 is 0. The van der Waals surface area contributed by atoms with Crippen molar-refractivity contribution in [2.45, 2.75) is 72.1 Å². The molecule has 1 aliphatic rings. The van der Waals surface area contributed by atoms with Crippen LogP contribution in [0.25, 0.3) is 0 Å². The number of allylic oxidation sites excluding steroid dienone is 2. The fourth-order valence-electron chi connectivity index (χ4n) is 3.88. The van der Waals surface area contributed by atoms with E-state index >= 15 is 0 Å². The van der Waals surface area contributed by atoms with Gasteiger partial charge >= 0.3 is 0 Å². The highest BCUT2D eigenvalue weighted by atomic mass is 16.3. The number of unbranched alkanes of at least 4 members (excludes halogenated alkanes) is 2. The van der Waals surface area contributed by atoms with Crippen LogP contribution in [0.1, 0.15) is 76.8 Å². The second-order valence-corrected chi connectivity index (χ2v) is 7.49. The summed E-state index contributed by atoms with van der Waals surface area (Å²) in [6.45, 7) is 8.80. The molecule has 2 rings (SSSR count). The van der Waals surface area contributed by atoms with Gasteiger partial charge in [0.05, 0.1) is 0 Å². The normalized spacial score (nSPS) is 21.5. The minimum absolute atomic E-state index is 0.119. The molecule has 2 N–H and O–H groups in total. The number of aromatic hydroxyl groups is 2. The van der Waals surface area contributed by atoms with Crippen LogP contribution in [0.5, 0.6) is 11.5 Å². The van der Waals surface area contributed by atoms with Gasteiger partial charge in [-0.2, -0.15) is 0 Å². The average molecular weight is 316 g/mol. The molecule has 0 bridgehead atoms. The molecule has 0 spiro atoms. The van der Waals surface area contributed by atoms with Crippen molar-refractivity contribution < 1.29 is 10.2 Å².